The normalized spacial score (nSPS) is 12.5. The van der Waals surface area contributed by atoms with E-state index in [4.69, 9.17) is 4.42 Å². The van der Waals surface area contributed by atoms with Gasteiger partial charge in [-0.3, -0.25) is 0 Å². The lowest BCUT2D eigenvalue weighted by Gasteiger charge is -1.82. The predicted molar refractivity (Wildman–Crippen MR) is 58.5 cm³/mol. The highest BCUT2D eigenvalue weighted by Gasteiger charge is 2.07. The largest absolute Gasteiger partial charge is 0.396 e. The van der Waals surface area contributed by atoms with Crippen LogP contribution in [-0.4, -0.2) is 12.3 Å². The SMILES string of the molecule is CC[PH2+]c1ccc([PH2+]CC)o1. The fraction of sp³-hybridized carbons (Fsp3) is 0.500. The Bertz CT molecular complexity index is 187. The summed E-state index contributed by atoms with van der Waals surface area (Å²) in [7, 11) is 0.809. The summed E-state index contributed by atoms with van der Waals surface area (Å²) in [6.45, 7) is 4.43. The minimum absolute atomic E-state index is 0.404. The van der Waals surface area contributed by atoms with Gasteiger partial charge in [0.1, 0.15) is 0 Å². The van der Waals surface area contributed by atoms with Crippen LogP contribution in [0.5, 0.6) is 0 Å². The van der Waals surface area contributed by atoms with E-state index >= 15 is 0 Å². The van der Waals surface area contributed by atoms with Crippen molar-refractivity contribution in [2.24, 2.45) is 0 Å². The fourth-order valence-electron chi connectivity index (χ4n) is 0.990. The van der Waals surface area contributed by atoms with Crippen LogP contribution < -0.4 is 11.0 Å². The first-order valence-electron chi connectivity index (χ1n) is 4.13. The van der Waals surface area contributed by atoms with Gasteiger partial charge >= 0.3 is 0 Å². The first kappa shape index (κ1) is 9.23. The molecule has 0 N–H and O–H groups in total. The van der Waals surface area contributed by atoms with Crippen molar-refractivity contribution in [3.8, 4) is 0 Å². The van der Waals surface area contributed by atoms with Gasteiger partial charge < -0.3 is 4.42 Å². The average Bonchev–Trinajstić information content (AvgIpc) is 2.38. The average molecular weight is 190 g/mol. The van der Waals surface area contributed by atoms with Crippen molar-refractivity contribution in [2.75, 3.05) is 12.3 Å². The van der Waals surface area contributed by atoms with E-state index in [-0.39, 0.29) is 0 Å². The lowest BCUT2D eigenvalue weighted by atomic mass is 10.7. The summed E-state index contributed by atoms with van der Waals surface area (Å²) in [5.74, 6) is 0. The maximum Gasteiger partial charge on any atom is 0.244 e. The predicted octanol–water partition coefficient (Wildman–Crippen LogP) is 1.39. The quantitative estimate of drug-likeness (QED) is 0.654. The Balaban J connectivity index is 2.51. The third kappa shape index (κ3) is 2.93. The molecule has 0 saturated heterocycles. The molecule has 1 heterocycles. The summed E-state index contributed by atoms with van der Waals surface area (Å²) in [6, 6.07) is 4.30. The van der Waals surface area contributed by atoms with Gasteiger partial charge in [-0.05, 0) is 13.8 Å². The Hall–Kier alpha value is 0.140. The van der Waals surface area contributed by atoms with Gasteiger partial charge in [0.05, 0.1) is 29.5 Å². The molecule has 0 aliphatic heterocycles. The van der Waals surface area contributed by atoms with Crippen LogP contribution in [0, 0.1) is 0 Å². The second kappa shape index (κ2) is 4.91. The van der Waals surface area contributed by atoms with Crippen LogP contribution in [0.2, 0.25) is 0 Å². The van der Waals surface area contributed by atoms with E-state index in [2.05, 4.69) is 26.0 Å². The van der Waals surface area contributed by atoms with E-state index in [9.17, 15) is 0 Å². The summed E-state index contributed by atoms with van der Waals surface area (Å²) < 4.78 is 5.64. The maximum atomic E-state index is 5.64. The summed E-state index contributed by atoms with van der Waals surface area (Å²) in [5, 5.41) is 0. The third-order valence-electron chi connectivity index (χ3n) is 1.46. The highest BCUT2D eigenvalue weighted by atomic mass is 31.1. The molecule has 1 rings (SSSR count). The Morgan fingerprint density at radius 2 is 1.55 bits per heavy atom. The van der Waals surface area contributed by atoms with Crippen LogP contribution in [0.15, 0.2) is 16.5 Å². The molecule has 0 saturated carbocycles. The molecule has 0 bridgehead atoms. The first-order valence-corrected chi connectivity index (χ1v) is 6.91. The van der Waals surface area contributed by atoms with Gasteiger partial charge in [-0.25, -0.2) is 0 Å². The van der Waals surface area contributed by atoms with Gasteiger partial charge in [-0.15, -0.1) is 0 Å². The molecule has 0 fully saturated rings. The van der Waals surface area contributed by atoms with E-state index in [1.807, 2.05) is 0 Å². The van der Waals surface area contributed by atoms with Crippen LogP contribution in [-0.2, 0) is 0 Å². The lowest BCUT2D eigenvalue weighted by molar-refractivity contribution is 0.641. The van der Waals surface area contributed by atoms with Gasteiger partial charge in [0.25, 0.3) is 0 Å². The molecule has 2 unspecified atom stereocenters. The van der Waals surface area contributed by atoms with E-state index < -0.39 is 0 Å². The molecule has 1 aromatic rings. The highest BCUT2D eigenvalue weighted by Crippen LogP contribution is 2.13. The molecule has 11 heavy (non-hydrogen) atoms. The molecule has 2 atom stereocenters. The molecule has 1 aromatic heterocycles. The van der Waals surface area contributed by atoms with Crippen molar-refractivity contribution in [3.05, 3.63) is 12.1 Å². The van der Waals surface area contributed by atoms with Gasteiger partial charge in [0.2, 0.25) is 11.0 Å². The molecule has 0 amide bonds. The summed E-state index contributed by atoms with van der Waals surface area (Å²) >= 11 is 0. The van der Waals surface area contributed by atoms with Gasteiger partial charge in [-0.1, -0.05) is 0 Å². The summed E-state index contributed by atoms with van der Waals surface area (Å²) in [6.07, 6.45) is 2.52. The molecule has 0 spiro atoms. The molecule has 0 aromatic carbocycles. The first-order chi connectivity index (χ1) is 5.36. The fourth-order valence-corrected chi connectivity index (χ4v) is 2.83. The molecule has 0 aliphatic carbocycles. The summed E-state index contributed by atoms with van der Waals surface area (Å²) in [5.41, 5.74) is 2.48. The zero-order chi connectivity index (χ0) is 8.10. The lowest BCUT2D eigenvalue weighted by Crippen LogP contribution is -1.92. The van der Waals surface area contributed by atoms with E-state index in [0.717, 1.165) is 0 Å². The van der Waals surface area contributed by atoms with E-state index in [1.165, 1.54) is 23.3 Å². The second-order valence-electron chi connectivity index (χ2n) is 2.46. The zero-order valence-corrected chi connectivity index (χ0v) is 9.44. The number of hydrogen-bond donors (Lipinski definition) is 0. The molecule has 3 heteroatoms. The Morgan fingerprint density at radius 1 is 1.09 bits per heavy atom. The van der Waals surface area contributed by atoms with Gasteiger partial charge in [0, 0.05) is 12.1 Å². The minimum atomic E-state index is 0.404. The molecule has 62 valence electrons. The van der Waals surface area contributed by atoms with Crippen molar-refractivity contribution >= 4 is 28.2 Å². The van der Waals surface area contributed by atoms with Gasteiger partial charge in [0.15, 0.2) is 0 Å². The van der Waals surface area contributed by atoms with Gasteiger partial charge in [-0.2, -0.15) is 0 Å². The monoisotopic (exact) mass is 190 g/mol. The maximum absolute atomic E-state index is 5.64. The molecular formula is C8H16OP2+2. The standard InChI is InChI=1S/C8H14OP2/c1-3-10-7-5-6-8(9-7)11-4-2/h5-6,10-11H,3-4H2,1-2H3/p+2. The third-order valence-corrected chi connectivity index (χ3v) is 3.70. The van der Waals surface area contributed by atoms with E-state index in [1.54, 1.807) is 0 Å². The van der Waals surface area contributed by atoms with Crippen LogP contribution in [0.3, 0.4) is 0 Å². The smallest absolute Gasteiger partial charge is 0.244 e. The number of furan rings is 1. The molecular weight excluding hydrogens is 174 g/mol. The topological polar surface area (TPSA) is 13.1 Å². The number of rotatable bonds is 4. The molecule has 0 radical (unpaired) electrons. The van der Waals surface area contributed by atoms with Crippen LogP contribution in [0.25, 0.3) is 0 Å². The highest BCUT2D eigenvalue weighted by molar-refractivity contribution is 7.48. The van der Waals surface area contributed by atoms with Crippen molar-refractivity contribution in [1.29, 1.82) is 0 Å². The van der Waals surface area contributed by atoms with Crippen molar-refractivity contribution in [3.63, 3.8) is 0 Å². The van der Waals surface area contributed by atoms with E-state index in [0.29, 0.717) is 17.2 Å². The van der Waals surface area contributed by atoms with Crippen LogP contribution in [0.4, 0.5) is 0 Å². The second-order valence-corrected chi connectivity index (χ2v) is 6.05. The Morgan fingerprint density at radius 3 is 1.91 bits per heavy atom. The van der Waals surface area contributed by atoms with Crippen molar-refractivity contribution in [1.82, 2.24) is 0 Å². The Kier molecular flexibility index (Phi) is 4.12. The zero-order valence-electron chi connectivity index (χ0n) is 7.13. The number of hydrogen-bond acceptors (Lipinski definition) is 1. The molecule has 1 nitrogen and oxygen atoms in total. The summed E-state index contributed by atoms with van der Waals surface area (Å²) in [4.78, 5) is 0. The minimum Gasteiger partial charge on any atom is -0.396 e. The van der Waals surface area contributed by atoms with Crippen LogP contribution >= 0.6 is 17.2 Å². The Labute approximate surface area is 71.5 Å². The van der Waals surface area contributed by atoms with Crippen LogP contribution in [0.1, 0.15) is 13.8 Å². The van der Waals surface area contributed by atoms with Crippen molar-refractivity contribution < 1.29 is 4.42 Å². The molecule has 0 aliphatic rings. The van der Waals surface area contributed by atoms with Crippen molar-refractivity contribution in [2.45, 2.75) is 13.8 Å².